The maximum Gasteiger partial charge on any atom is 0.197 e. The molecule has 4 heteroatoms. The number of nitrogens with zero attached hydrogens (tertiary/aromatic N) is 1. The van der Waals surface area contributed by atoms with E-state index in [2.05, 4.69) is 22.5 Å². The van der Waals surface area contributed by atoms with Crippen molar-refractivity contribution in [1.82, 2.24) is 10.6 Å². The Hall–Kier alpha value is -0.700. The van der Waals surface area contributed by atoms with E-state index < -0.39 is 0 Å². The second-order valence-electron chi connectivity index (χ2n) is 2.75. The molecular weight excluding hydrogens is 174 g/mol. The van der Waals surface area contributed by atoms with Gasteiger partial charge in [-0.25, -0.2) is 4.99 Å². The van der Waals surface area contributed by atoms with E-state index in [0.717, 1.165) is 24.5 Å². The van der Waals surface area contributed by atoms with Crippen molar-refractivity contribution in [2.75, 3.05) is 6.54 Å². The number of nitrogens with one attached hydrogen (secondary N) is 2. The van der Waals surface area contributed by atoms with Crippen molar-refractivity contribution in [2.45, 2.75) is 25.9 Å². The number of hydrogen-bond acceptors (Lipinski definition) is 3. The summed E-state index contributed by atoms with van der Waals surface area (Å²) in [5, 5.41) is 6.17. The van der Waals surface area contributed by atoms with Crippen molar-refractivity contribution < 1.29 is 0 Å². The minimum absolute atomic E-state index is 0.325. The minimum Gasteiger partial charge on any atom is -0.370 e. The summed E-state index contributed by atoms with van der Waals surface area (Å²) in [7, 11) is 0. The van der Waals surface area contributed by atoms with Crippen molar-refractivity contribution in [3.05, 3.63) is 11.8 Å². The predicted molar refractivity (Wildman–Crippen MR) is 52.3 cm³/mol. The zero-order valence-corrected chi connectivity index (χ0v) is 8.15. The Bertz CT molecular complexity index is 210. The molecule has 2 N–H and O–H groups in total. The maximum atomic E-state index is 5.81. The van der Waals surface area contributed by atoms with Crippen LogP contribution in [0.4, 0.5) is 0 Å². The molecule has 1 aliphatic heterocycles. The summed E-state index contributed by atoms with van der Waals surface area (Å²) in [4.78, 5) is 4.15. The molecule has 1 atom stereocenters. The zero-order chi connectivity index (χ0) is 8.97. The highest BCUT2D eigenvalue weighted by molar-refractivity contribution is 6.21. The van der Waals surface area contributed by atoms with Crippen LogP contribution in [0.25, 0.3) is 0 Å². The molecule has 0 saturated carbocycles. The molecule has 0 fully saturated rings. The summed E-state index contributed by atoms with van der Waals surface area (Å²) >= 11 is 5.81. The SMILES string of the molecule is CCCNC1=NC(Cl)NC(C)=C1. The largest absolute Gasteiger partial charge is 0.370 e. The molecule has 1 heterocycles. The number of allylic oxidation sites excluding steroid dienone is 1. The molecule has 0 spiro atoms. The first-order valence-electron chi connectivity index (χ1n) is 4.13. The van der Waals surface area contributed by atoms with E-state index in [1.807, 2.05) is 13.0 Å². The van der Waals surface area contributed by atoms with Gasteiger partial charge in [0.15, 0.2) is 5.62 Å². The number of amidine groups is 1. The number of rotatable bonds is 2. The lowest BCUT2D eigenvalue weighted by Gasteiger charge is -2.17. The molecule has 0 saturated heterocycles. The van der Waals surface area contributed by atoms with Crippen molar-refractivity contribution in [3.8, 4) is 0 Å². The summed E-state index contributed by atoms with van der Waals surface area (Å²) < 4.78 is 0. The van der Waals surface area contributed by atoms with Gasteiger partial charge in [0, 0.05) is 12.2 Å². The second-order valence-corrected chi connectivity index (χ2v) is 3.16. The van der Waals surface area contributed by atoms with Crippen LogP contribution in [0.1, 0.15) is 20.3 Å². The van der Waals surface area contributed by atoms with Gasteiger partial charge in [0.05, 0.1) is 0 Å². The smallest absolute Gasteiger partial charge is 0.197 e. The Kier molecular flexibility index (Phi) is 3.41. The third kappa shape index (κ3) is 2.74. The quantitative estimate of drug-likeness (QED) is 0.507. The van der Waals surface area contributed by atoms with Gasteiger partial charge in [0.25, 0.3) is 0 Å². The third-order valence-corrected chi connectivity index (χ3v) is 1.72. The molecule has 1 rings (SSSR count). The summed E-state index contributed by atoms with van der Waals surface area (Å²) in [6, 6.07) is 0. The Morgan fingerprint density at radius 1 is 1.75 bits per heavy atom. The highest BCUT2D eigenvalue weighted by atomic mass is 35.5. The molecule has 0 radical (unpaired) electrons. The average molecular weight is 188 g/mol. The van der Waals surface area contributed by atoms with Crippen LogP contribution in [0.15, 0.2) is 16.8 Å². The van der Waals surface area contributed by atoms with Crippen molar-refractivity contribution >= 4 is 17.4 Å². The normalized spacial score (nSPS) is 22.4. The van der Waals surface area contributed by atoms with E-state index >= 15 is 0 Å². The Morgan fingerprint density at radius 3 is 3.08 bits per heavy atom. The van der Waals surface area contributed by atoms with Gasteiger partial charge >= 0.3 is 0 Å². The molecule has 0 aliphatic carbocycles. The molecule has 0 bridgehead atoms. The van der Waals surface area contributed by atoms with E-state index in [1.165, 1.54) is 0 Å². The van der Waals surface area contributed by atoms with Crippen molar-refractivity contribution in [1.29, 1.82) is 0 Å². The average Bonchev–Trinajstić information content (AvgIpc) is 1.99. The fraction of sp³-hybridized carbons (Fsp3) is 0.625. The fourth-order valence-corrected chi connectivity index (χ4v) is 1.25. The van der Waals surface area contributed by atoms with Crippen molar-refractivity contribution in [3.63, 3.8) is 0 Å². The van der Waals surface area contributed by atoms with E-state index in [-0.39, 0.29) is 5.62 Å². The van der Waals surface area contributed by atoms with Crippen LogP contribution in [-0.2, 0) is 0 Å². The predicted octanol–water partition coefficient (Wildman–Crippen LogP) is 1.41. The lowest BCUT2D eigenvalue weighted by atomic mass is 10.3. The van der Waals surface area contributed by atoms with Gasteiger partial charge in [-0.3, -0.25) is 0 Å². The summed E-state index contributed by atoms with van der Waals surface area (Å²) in [5.41, 5.74) is 0.720. The Morgan fingerprint density at radius 2 is 2.50 bits per heavy atom. The molecule has 3 nitrogen and oxygen atoms in total. The maximum absolute atomic E-state index is 5.81. The molecule has 0 amide bonds. The zero-order valence-electron chi connectivity index (χ0n) is 7.39. The van der Waals surface area contributed by atoms with E-state index in [0.29, 0.717) is 0 Å². The van der Waals surface area contributed by atoms with E-state index in [1.54, 1.807) is 0 Å². The lowest BCUT2D eigenvalue weighted by Crippen LogP contribution is -2.32. The lowest BCUT2D eigenvalue weighted by molar-refractivity contribution is 0.734. The molecule has 0 aromatic carbocycles. The molecular formula is C8H14ClN3. The fourth-order valence-electron chi connectivity index (χ4n) is 0.976. The first-order chi connectivity index (χ1) is 5.72. The van der Waals surface area contributed by atoms with Gasteiger partial charge in [-0.15, -0.1) is 0 Å². The molecule has 12 heavy (non-hydrogen) atoms. The van der Waals surface area contributed by atoms with Crippen LogP contribution in [-0.4, -0.2) is 18.0 Å². The van der Waals surface area contributed by atoms with Crippen molar-refractivity contribution in [2.24, 2.45) is 4.99 Å². The summed E-state index contributed by atoms with van der Waals surface area (Å²) in [5.74, 6) is 0.869. The number of halogens is 1. The minimum atomic E-state index is -0.325. The molecule has 0 aromatic heterocycles. The van der Waals surface area contributed by atoms with Gasteiger partial charge in [0.1, 0.15) is 5.84 Å². The third-order valence-electron chi connectivity index (χ3n) is 1.51. The highest BCUT2D eigenvalue weighted by Crippen LogP contribution is 2.04. The van der Waals surface area contributed by atoms with E-state index in [9.17, 15) is 0 Å². The first-order valence-corrected chi connectivity index (χ1v) is 4.56. The second kappa shape index (κ2) is 4.36. The van der Waals surface area contributed by atoms with Crippen LogP contribution in [0.5, 0.6) is 0 Å². The van der Waals surface area contributed by atoms with Crippen LogP contribution < -0.4 is 10.6 Å². The van der Waals surface area contributed by atoms with Crippen LogP contribution >= 0.6 is 11.6 Å². The van der Waals surface area contributed by atoms with Gasteiger partial charge in [-0.05, 0) is 19.4 Å². The van der Waals surface area contributed by atoms with Crippen LogP contribution in [0.3, 0.4) is 0 Å². The number of alkyl halides is 1. The first kappa shape index (κ1) is 9.39. The monoisotopic (exact) mass is 187 g/mol. The number of aliphatic imine (C=N–C) groups is 1. The standard InChI is InChI=1S/C8H14ClN3/c1-3-4-10-7-5-6(2)11-8(9)12-7/h5,8,11H,3-4H2,1-2H3,(H,10,12). The topological polar surface area (TPSA) is 36.4 Å². The van der Waals surface area contributed by atoms with Gasteiger partial charge in [-0.1, -0.05) is 18.5 Å². The summed E-state index contributed by atoms with van der Waals surface area (Å²) in [6.07, 6.45) is 3.04. The Balaban J connectivity index is 2.51. The van der Waals surface area contributed by atoms with Gasteiger partial charge in [0.2, 0.25) is 0 Å². The highest BCUT2D eigenvalue weighted by Gasteiger charge is 2.08. The Labute approximate surface area is 77.9 Å². The van der Waals surface area contributed by atoms with Crippen LogP contribution in [0, 0.1) is 0 Å². The van der Waals surface area contributed by atoms with Crippen LogP contribution in [0.2, 0.25) is 0 Å². The molecule has 1 unspecified atom stereocenters. The molecule has 1 aliphatic rings. The van der Waals surface area contributed by atoms with Gasteiger partial charge in [-0.2, -0.15) is 0 Å². The molecule has 0 aromatic rings. The van der Waals surface area contributed by atoms with Gasteiger partial charge < -0.3 is 10.6 Å². The number of hydrogen-bond donors (Lipinski definition) is 2. The van der Waals surface area contributed by atoms with E-state index in [4.69, 9.17) is 11.6 Å². The molecule has 68 valence electrons. The summed E-state index contributed by atoms with van der Waals surface area (Å²) in [6.45, 7) is 5.02.